The lowest BCUT2D eigenvalue weighted by atomic mass is 10.2. The van der Waals surface area contributed by atoms with Crippen molar-refractivity contribution in [3.05, 3.63) is 24.0 Å². The summed E-state index contributed by atoms with van der Waals surface area (Å²) >= 11 is 0. The molecule has 0 unspecified atom stereocenters. The highest BCUT2D eigenvalue weighted by Gasteiger charge is 2.05. The summed E-state index contributed by atoms with van der Waals surface area (Å²) in [5.74, 6) is 1.01. The van der Waals surface area contributed by atoms with E-state index >= 15 is 0 Å². The monoisotopic (exact) mass is 246 g/mol. The number of anilines is 1. The van der Waals surface area contributed by atoms with Crippen molar-refractivity contribution in [2.75, 3.05) is 19.3 Å². The molecule has 0 bridgehead atoms. The molecule has 1 aromatic carbocycles. The van der Waals surface area contributed by atoms with Crippen LogP contribution in [0.1, 0.15) is 32.0 Å². The van der Waals surface area contributed by atoms with E-state index in [1.165, 1.54) is 19.3 Å². The Morgan fingerprint density at radius 2 is 2.17 bits per heavy atom. The lowest BCUT2D eigenvalue weighted by Crippen LogP contribution is -2.19. The van der Waals surface area contributed by atoms with E-state index in [0.29, 0.717) is 0 Å². The van der Waals surface area contributed by atoms with Crippen LogP contribution in [0.2, 0.25) is 0 Å². The van der Waals surface area contributed by atoms with Crippen LogP contribution in [-0.4, -0.2) is 28.5 Å². The molecular weight excluding hydrogens is 224 g/mol. The number of hydrogen-bond acceptors (Lipinski definition) is 3. The molecule has 0 spiro atoms. The van der Waals surface area contributed by atoms with E-state index in [1.807, 2.05) is 18.2 Å². The maximum absolute atomic E-state index is 5.76. The van der Waals surface area contributed by atoms with Crippen LogP contribution in [0.25, 0.3) is 11.0 Å². The van der Waals surface area contributed by atoms with Crippen molar-refractivity contribution in [1.82, 2.24) is 14.9 Å². The molecular formula is C14H22N4. The highest BCUT2D eigenvalue weighted by molar-refractivity contribution is 5.78. The van der Waals surface area contributed by atoms with Gasteiger partial charge in [0, 0.05) is 5.69 Å². The minimum Gasteiger partial charge on any atom is -0.399 e. The number of aromatic amines is 1. The Hall–Kier alpha value is -1.55. The first kappa shape index (κ1) is 12.9. The van der Waals surface area contributed by atoms with Crippen molar-refractivity contribution >= 4 is 16.7 Å². The normalized spacial score (nSPS) is 11.5. The minimum atomic E-state index is 0.772. The number of rotatable bonds is 6. The fraction of sp³-hybridized carbons (Fsp3) is 0.500. The van der Waals surface area contributed by atoms with Crippen molar-refractivity contribution in [3.8, 4) is 0 Å². The second kappa shape index (κ2) is 5.87. The molecule has 2 aromatic rings. The van der Waals surface area contributed by atoms with Gasteiger partial charge in [-0.25, -0.2) is 4.98 Å². The van der Waals surface area contributed by atoms with E-state index < -0.39 is 0 Å². The summed E-state index contributed by atoms with van der Waals surface area (Å²) in [5.41, 5.74) is 8.54. The molecule has 1 aromatic heterocycles. The van der Waals surface area contributed by atoms with E-state index in [4.69, 9.17) is 5.73 Å². The standard InChI is InChI=1S/C14H22N4/c1-3-4-5-8-18(2)10-14-16-12-7-6-11(15)9-13(12)17-14/h6-7,9H,3-5,8,10,15H2,1-2H3,(H,16,17). The Balaban J connectivity index is 1.98. The summed E-state index contributed by atoms with van der Waals surface area (Å²) in [6.45, 7) is 4.20. The summed E-state index contributed by atoms with van der Waals surface area (Å²) in [6, 6.07) is 5.78. The molecule has 4 heteroatoms. The van der Waals surface area contributed by atoms with Crippen LogP contribution in [-0.2, 0) is 6.54 Å². The fourth-order valence-corrected chi connectivity index (χ4v) is 2.12. The molecule has 0 saturated heterocycles. The maximum Gasteiger partial charge on any atom is 0.121 e. The minimum absolute atomic E-state index is 0.772. The number of nitrogens with two attached hydrogens (primary N) is 1. The zero-order valence-electron chi connectivity index (χ0n) is 11.2. The number of fused-ring (bicyclic) bond motifs is 1. The topological polar surface area (TPSA) is 57.9 Å². The van der Waals surface area contributed by atoms with Crippen molar-refractivity contribution in [1.29, 1.82) is 0 Å². The lowest BCUT2D eigenvalue weighted by molar-refractivity contribution is 0.311. The van der Waals surface area contributed by atoms with Gasteiger partial charge >= 0.3 is 0 Å². The van der Waals surface area contributed by atoms with Crippen LogP contribution in [0.4, 0.5) is 5.69 Å². The number of unbranched alkanes of at least 4 members (excludes halogenated alkanes) is 2. The van der Waals surface area contributed by atoms with Crippen LogP contribution >= 0.6 is 0 Å². The number of imidazole rings is 1. The van der Waals surface area contributed by atoms with Gasteiger partial charge in [-0.05, 0) is 38.2 Å². The number of nitrogen functional groups attached to an aromatic ring is 1. The van der Waals surface area contributed by atoms with Gasteiger partial charge in [0.25, 0.3) is 0 Å². The Morgan fingerprint density at radius 1 is 1.33 bits per heavy atom. The zero-order chi connectivity index (χ0) is 13.0. The molecule has 1 heterocycles. The van der Waals surface area contributed by atoms with Crippen LogP contribution < -0.4 is 5.73 Å². The van der Waals surface area contributed by atoms with Gasteiger partial charge in [-0.15, -0.1) is 0 Å². The molecule has 3 N–H and O–H groups in total. The van der Waals surface area contributed by atoms with Gasteiger partial charge in [0.1, 0.15) is 5.82 Å². The number of nitrogens with zero attached hydrogens (tertiary/aromatic N) is 2. The SMILES string of the molecule is CCCCCN(C)Cc1nc2ccc(N)cc2[nH]1. The molecule has 0 aliphatic carbocycles. The molecule has 2 rings (SSSR count). The quantitative estimate of drug-likeness (QED) is 0.608. The van der Waals surface area contributed by atoms with Crippen molar-refractivity contribution in [2.45, 2.75) is 32.7 Å². The highest BCUT2D eigenvalue weighted by atomic mass is 15.1. The van der Waals surface area contributed by atoms with E-state index in [2.05, 4.69) is 28.8 Å². The molecule has 0 radical (unpaired) electrons. The molecule has 4 nitrogen and oxygen atoms in total. The van der Waals surface area contributed by atoms with E-state index in [9.17, 15) is 0 Å². The maximum atomic E-state index is 5.76. The third-order valence-corrected chi connectivity index (χ3v) is 3.12. The Kier molecular flexibility index (Phi) is 4.20. The first-order chi connectivity index (χ1) is 8.69. The number of benzene rings is 1. The van der Waals surface area contributed by atoms with E-state index in [0.717, 1.165) is 35.6 Å². The molecule has 18 heavy (non-hydrogen) atoms. The largest absolute Gasteiger partial charge is 0.399 e. The molecule has 0 aliphatic rings. The third kappa shape index (κ3) is 3.23. The molecule has 0 atom stereocenters. The second-order valence-corrected chi connectivity index (χ2v) is 4.90. The average Bonchev–Trinajstić information content (AvgIpc) is 2.70. The van der Waals surface area contributed by atoms with Crippen molar-refractivity contribution in [2.24, 2.45) is 0 Å². The van der Waals surface area contributed by atoms with Gasteiger partial charge in [-0.2, -0.15) is 0 Å². The Labute approximate surface area is 108 Å². The summed E-state index contributed by atoms with van der Waals surface area (Å²) in [7, 11) is 2.14. The van der Waals surface area contributed by atoms with Gasteiger partial charge in [0.05, 0.1) is 17.6 Å². The van der Waals surface area contributed by atoms with Crippen LogP contribution in [0, 0.1) is 0 Å². The lowest BCUT2D eigenvalue weighted by Gasteiger charge is -2.14. The summed E-state index contributed by atoms with van der Waals surface area (Å²) < 4.78 is 0. The Morgan fingerprint density at radius 3 is 2.94 bits per heavy atom. The first-order valence-electron chi connectivity index (χ1n) is 6.61. The third-order valence-electron chi connectivity index (χ3n) is 3.12. The van der Waals surface area contributed by atoms with E-state index in [1.54, 1.807) is 0 Å². The Bertz CT molecular complexity index is 503. The first-order valence-corrected chi connectivity index (χ1v) is 6.61. The van der Waals surface area contributed by atoms with Gasteiger partial charge in [0.15, 0.2) is 0 Å². The number of nitrogens with one attached hydrogen (secondary N) is 1. The van der Waals surface area contributed by atoms with Crippen LogP contribution in [0.3, 0.4) is 0 Å². The molecule has 0 saturated carbocycles. The molecule has 0 amide bonds. The van der Waals surface area contributed by atoms with Crippen molar-refractivity contribution < 1.29 is 0 Å². The summed E-state index contributed by atoms with van der Waals surface area (Å²) in [5, 5.41) is 0. The van der Waals surface area contributed by atoms with E-state index in [-0.39, 0.29) is 0 Å². The average molecular weight is 246 g/mol. The van der Waals surface area contributed by atoms with Gasteiger partial charge in [0.2, 0.25) is 0 Å². The van der Waals surface area contributed by atoms with Crippen molar-refractivity contribution in [3.63, 3.8) is 0 Å². The van der Waals surface area contributed by atoms with Gasteiger partial charge in [-0.3, -0.25) is 4.90 Å². The van der Waals surface area contributed by atoms with Gasteiger partial charge < -0.3 is 10.7 Å². The number of aromatic nitrogens is 2. The van der Waals surface area contributed by atoms with Crippen LogP contribution in [0.15, 0.2) is 18.2 Å². The predicted octanol–water partition coefficient (Wildman–Crippen LogP) is 2.77. The summed E-state index contributed by atoms with van der Waals surface area (Å²) in [6.07, 6.45) is 3.80. The number of hydrogen-bond donors (Lipinski definition) is 2. The molecule has 98 valence electrons. The zero-order valence-corrected chi connectivity index (χ0v) is 11.2. The van der Waals surface area contributed by atoms with Crippen LogP contribution in [0.5, 0.6) is 0 Å². The molecule has 0 aliphatic heterocycles. The molecule has 0 fully saturated rings. The predicted molar refractivity (Wildman–Crippen MR) is 76.4 cm³/mol. The number of H-pyrrole nitrogens is 1. The summed E-state index contributed by atoms with van der Waals surface area (Å²) in [4.78, 5) is 10.2. The highest BCUT2D eigenvalue weighted by Crippen LogP contribution is 2.15. The smallest absolute Gasteiger partial charge is 0.121 e. The second-order valence-electron chi connectivity index (χ2n) is 4.90. The van der Waals surface area contributed by atoms with Gasteiger partial charge in [-0.1, -0.05) is 19.8 Å². The fourth-order valence-electron chi connectivity index (χ4n) is 2.12.